The fourth-order valence-corrected chi connectivity index (χ4v) is 13.0. The maximum Gasteiger partial charge on any atom is 0.236 e. The fraction of sp³-hybridized carbons (Fsp3) is 0.889. The van der Waals surface area contributed by atoms with E-state index in [2.05, 4.69) is 76.0 Å². The number of nitrogens with one attached hydrogen (secondary N) is 7. The van der Waals surface area contributed by atoms with Gasteiger partial charge >= 0.3 is 0 Å². The van der Waals surface area contributed by atoms with Gasteiger partial charge in [0.1, 0.15) is 0 Å². The minimum Gasteiger partial charge on any atom is -0.325 e. The summed E-state index contributed by atoms with van der Waals surface area (Å²) >= 11 is 17.2. The van der Waals surface area contributed by atoms with Crippen LogP contribution in [0.2, 0.25) is 0 Å². The van der Waals surface area contributed by atoms with Crippen molar-refractivity contribution in [2.75, 3.05) is 34.5 Å². The van der Waals surface area contributed by atoms with Gasteiger partial charge in [0.05, 0.1) is 51.8 Å². The number of rotatable bonds is 20. The molecular formula is C36H88Cl4N10O15P4S6. The van der Waals surface area contributed by atoms with Crippen molar-refractivity contribution in [3.63, 3.8) is 0 Å². The molecule has 0 rings (SSSR count). The molecule has 0 aromatic heterocycles. The zero-order valence-electron chi connectivity index (χ0n) is 46.2. The van der Waals surface area contributed by atoms with Crippen LogP contribution in [0.5, 0.6) is 0 Å². The fourth-order valence-electron chi connectivity index (χ4n) is 3.63. The van der Waals surface area contributed by atoms with Crippen molar-refractivity contribution in [3.8, 4) is 0 Å². The van der Waals surface area contributed by atoms with E-state index in [1.165, 1.54) is 32.5 Å². The van der Waals surface area contributed by atoms with Gasteiger partial charge in [-0.2, -0.15) is 0 Å². The largest absolute Gasteiger partial charge is 0.325 e. The summed E-state index contributed by atoms with van der Waals surface area (Å²) in [6.45, 7) is 31.4. The van der Waals surface area contributed by atoms with Crippen LogP contribution >= 0.6 is 95.4 Å². The number of primary sulfonamides is 1. The number of carbonyl (C=O) groups excluding carboxylic acids is 4. The maximum absolute atomic E-state index is 11.3. The highest BCUT2D eigenvalue weighted by Crippen LogP contribution is 2.21. The number of hydrogen-bond donors (Lipinski definition) is 9. The van der Waals surface area contributed by atoms with Crippen LogP contribution < -0.4 is 45.4 Å². The van der Waals surface area contributed by atoms with Crippen LogP contribution in [0.1, 0.15) is 132 Å². The standard InChI is InChI=1S/C6H12Cl2N2O3S.C6H15N2O3PS.C6H14N2O3S.C6H14NOPS.C4H11ClNO2PS.C4H9ClO.C4H13N2O2PS/c1-5(11)9-14(12,13)4-6(2,3)10(7)8;1-5(9)7-13(10,11)4-6(2,3)8-12;1-5(9)8-12(10,11)4-6(2,3)7;1-5(8)10-4-6(2,3)7-9;1-4(2,6-9)3-10(5,7)8;1-4(2,3)6-5;1-4(2,6-9)3-10(5,7)8/h4H2,1-3H3,(H,9,11);8H,4,12H2,1-3H3,(H,7,9);4,7H2,1-3H3,(H,8,9);7H,4,9H2,1-3H3;6H,3,9H2,1-2H3;1-3H3;6H,3,9H2,1-2H3,(H2,5,7,8). The van der Waals surface area contributed by atoms with Crippen molar-refractivity contribution in [2.24, 2.45) is 10.9 Å². The molecule has 0 saturated heterocycles. The van der Waals surface area contributed by atoms with Gasteiger partial charge in [-0.05, 0) is 127 Å². The Morgan fingerprint density at radius 3 is 0.973 bits per heavy atom. The Morgan fingerprint density at radius 2 is 0.787 bits per heavy atom. The van der Waals surface area contributed by atoms with Crippen molar-refractivity contribution in [1.82, 2.24) is 38.5 Å². The lowest BCUT2D eigenvalue weighted by Gasteiger charge is -2.26. The smallest absolute Gasteiger partial charge is 0.236 e. The Labute approximate surface area is 483 Å². The zero-order valence-corrected chi connectivity index (χ0v) is 58.8. The van der Waals surface area contributed by atoms with Gasteiger partial charge in [0, 0.05) is 71.8 Å². The normalized spacial score (nSPS) is 12.8. The van der Waals surface area contributed by atoms with E-state index in [1.807, 2.05) is 34.9 Å². The molecule has 456 valence electrons. The van der Waals surface area contributed by atoms with E-state index < -0.39 is 94.6 Å². The van der Waals surface area contributed by atoms with Crippen LogP contribution in [-0.2, 0) is 72.6 Å². The summed E-state index contributed by atoms with van der Waals surface area (Å²) in [6.07, 6.45) is 0. The molecule has 11 N–H and O–H groups in total. The molecule has 0 aliphatic heterocycles. The number of nitrogens with two attached hydrogens (primary N) is 2. The summed E-state index contributed by atoms with van der Waals surface area (Å²) in [5.74, 6) is -1.93. The highest BCUT2D eigenvalue weighted by molar-refractivity contribution is 8.14. The van der Waals surface area contributed by atoms with Crippen LogP contribution in [0.15, 0.2) is 0 Å². The van der Waals surface area contributed by atoms with E-state index >= 15 is 0 Å². The molecule has 0 aliphatic rings. The summed E-state index contributed by atoms with van der Waals surface area (Å²) in [6, 6.07) is 0. The molecule has 0 aromatic carbocycles. The number of sulfonamides is 4. The molecule has 0 fully saturated rings. The van der Waals surface area contributed by atoms with E-state index in [0.717, 1.165) is 23.5 Å². The predicted octanol–water partition coefficient (Wildman–Crippen LogP) is 3.17. The first kappa shape index (κ1) is 89.5. The van der Waals surface area contributed by atoms with Crippen molar-refractivity contribution in [1.29, 1.82) is 0 Å². The molecule has 0 saturated carbocycles. The highest BCUT2D eigenvalue weighted by atomic mass is 35.7. The average molecular weight is 1360 g/mol. The lowest BCUT2D eigenvalue weighted by molar-refractivity contribution is -0.118. The first-order valence-electron chi connectivity index (χ1n) is 21.2. The Kier molecular flexibility index (Phi) is 46.0. The van der Waals surface area contributed by atoms with E-state index in [4.69, 9.17) is 57.0 Å². The van der Waals surface area contributed by atoms with Gasteiger partial charge in [-0.1, -0.05) is 49.3 Å². The number of amides is 3. The molecule has 3 amide bonds. The molecule has 4 atom stereocenters. The third kappa shape index (κ3) is 74.7. The highest BCUT2D eigenvalue weighted by Gasteiger charge is 2.32. The van der Waals surface area contributed by atoms with Gasteiger partial charge in [-0.25, -0.2) is 47.2 Å². The van der Waals surface area contributed by atoms with Crippen molar-refractivity contribution >= 4 is 167 Å². The summed E-state index contributed by atoms with van der Waals surface area (Å²) in [4.78, 5) is 42.0. The Bertz CT molecular complexity index is 2250. The van der Waals surface area contributed by atoms with Crippen molar-refractivity contribution in [2.45, 2.75) is 170 Å². The molecule has 0 radical (unpaired) electrons. The molecule has 0 aromatic rings. The van der Waals surface area contributed by atoms with Crippen LogP contribution in [0.3, 0.4) is 0 Å². The van der Waals surface area contributed by atoms with E-state index in [1.54, 1.807) is 62.3 Å². The van der Waals surface area contributed by atoms with Gasteiger partial charge in [-0.15, -0.1) is 3.94 Å². The van der Waals surface area contributed by atoms with Gasteiger partial charge in [-0.3, -0.25) is 58.0 Å². The number of thioether (sulfide) groups is 1. The van der Waals surface area contributed by atoms with Gasteiger partial charge in [0.15, 0.2) is 5.12 Å². The molecule has 4 unspecified atom stereocenters. The molecule has 75 heavy (non-hydrogen) atoms. The molecule has 0 aliphatic carbocycles. The Hall–Kier alpha value is 0.740. The lowest BCUT2D eigenvalue weighted by atomic mass is 10.1. The van der Waals surface area contributed by atoms with E-state index in [9.17, 15) is 61.3 Å². The van der Waals surface area contributed by atoms with E-state index in [-0.39, 0.29) is 45.0 Å². The molecule has 0 heterocycles. The second-order valence-corrected chi connectivity index (χ2v) is 33.7. The minimum atomic E-state index is -3.69. The summed E-state index contributed by atoms with van der Waals surface area (Å²) in [5.41, 5.74) is 1.97. The molecule has 0 bridgehead atoms. The third-order valence-electron chi connectivity index (χ3n) is 6.54. The molecule has 39 heteroatoms. The first-order chi connectivity index (χ1) is 32.4. The van der Waals surface area contributed by atoms with Crippen molar-refractivity contribution < 1.29 is 65.6 Å². The Balaban J connectivity index is -0.000000145. The quantitative estimate of drug-likeness (QED) is 0.0480. The first-order valence-corrected chi connectivity index (χ1v) is 34.6. The number of hydrogen-bond acceptors (Lipinski definition) is 22. The van der Waals surface area contributed by atoms with Gasteiger partial charge in [0.25, 0.3) is 0 Å². The van der Waals surface area contributed by atoms with Crippen LogP contribution in [-0.4, -0.2) is 142 Å². The maximum atomic E-state index is 11.3. The molecular weight excluding hydrogens is 1270 g/mol. The van der Waals surface area contributed by atoms with Crippen LogP contribution in [0, 0.1) is 0 Å². The summed E-state index contributed by atoms with van der Waals surface area (Å²) in [7, 11) is -3.32. The lowest BCUT2D eigenvalue weighted by Crippen LogP contribution is -2.45. The topological polar surface area (TPSA) is 388 Å². The second kappa shape index (κ2) is 38.5. The van der Waals surface area contributed by atoms with Crippen molar-refractivity contribution in [3.05, 3.63) is 0 Å². The average Bonchev–Trinajstić information content (AvgIpc) is 3.10. The summed E-state index contributed by atoms with van der Waals surface area (Å²) in [5, 5.41) is 16.3. The predicted molar refractivity (Wildman–Crippen MR) is 324 cm³/mol. The third-order valence-corrected chi connectivity index (χ3v) is 19.9. The molecule has 0 spiro atoms. The van der Waals surface area contributed by atoms with Crippen LogP contribution in [0.4, 0.5) is 0 Å². The van der Waals surface area contributed by atoms with Crippen LogP contribution in [0.25, 0.3) is 0 Å². The van der Waals surface area contributed by atoms with E-state index in [0.29, 0.717) is 0 Å². The minimum absolute atomic E-state index is 0.0288. The SMILES string of the molecule is CC(=O)NS(=O)(=O)CC(C)(C)N.CC(=O)NS(=O)(=O)CC(C)(C)N(Cl)Cl.CC(=O)NS(=O)(=O)CC(C)(C)NP.CC(=O)SCC(C)(C)NP.CC(C)(C)OCl.CC(C)(CS(=O)(=O)Cl)NP.CC(C)(CS(N)(=O)=O)NP. The number of halogens is 4. The Morgan fingerprint density at radius 1 is 0.520 bits per heavy atom. The number of nitrogens with zero attached hydrogens (tertiary/aromatic N) is 1. The molecule has 25 nitrogen and oxygen atoms in total. The number of carbonyl (C=O) groups is 4. The zero-order chi connectivity index (χ0) is 62.5. The van der Waals surface area contributed by atoms with Gasteiger partial charge < -0.3 is 5.73 Å². The summed E-state index contributed by atoms with van der Waals surface area (Å²) < 4.78 is 120. The second-order valence-electron chi connectivity index (χ2n) is 20.9. The monoisotopic (exact) mass is 1360 g/mol. The van der Waals surface area contributed by atoms with Gasteiger partial charge in [0.2, 0.25) is 66.9 Å².